The van der Waals surface area contributed by atoms with Gasteiger partial charge in [0.05, 0.1) is 0 Å². The van der Waals surface area contributed by atoms with Crippen LogP contribution in [-0.2, 0) is 9.59 Å². The van der Waals surface area contributed by atoms with Crippen molar-refractivity contribution in [1.29, 1.82) is 0 Å². The van der Waals surface area contributed by atoms with E-state index in [0.29, 0.717) is 19.4 Å². The van der Waals surface area contributed by atoms with Gasteiger partial charge in [0.25, 0.3) is 0 Å². The van der Waals surface area contributed by atoms with Crippen molar-refractivity contribution in [2.45, 2.75) is 31.3 Å². The Morgan fingerprint density at radius 1 is 1.53 bits per heavy atom. The van der Waals surface area contributed by atoms with Crippen molar-refractivity contribution >= 4 is 17.9 Å². The van der Waals surface area contributed by atoms with E-state index in [1.54, 1.807) is 7.05 Å². The van der Waals surface area contributed by atoms with Gasteiger partial charge in [-0.1, -0.05) is 0 Å². The van der Waals surface area contributed by atoms with Gasteiger partial charge < -0.3 is 25.7 Å². The zero-order chi connectivity index (χ0) is 14.4. The lowest BCUT2D eigenvalue weighted by molar-refractivity contribution is -0.139. The molecule has 0 radical (unpaired) electrons. The maximum absolute atomic E-state index is 11.6. The molecule has 1 fully saturated rings. The molecule has 0 saturated carbocycles. The molecule has 1 heterocycles. The van der Waals surface area contributed by atoms with Gasteiger partial charge >= 0.3 is 12.0 Å². The average molecular weight is 273 g/mol. The fraction of sp³-hybridized carbons (Fsp3) is 0.727. The Bertz CT molecular complexity index is 360. The molecule has 19 heavy (non-hydrogen) atoms. The first-order chi connectivity index (χ1) is 8.93. The van der Waals surface area contributed by atoms with E-state index < -0.39 is 18.0 Å². The van der Waals surface area contributed by atoms with E-state index in [4.69, 9.17) is 10.2 Å². The minimum absolute atomic E-state index is 0.0298. The van der Waals surface area contributed by atoms with Crippen LogP contribution in [0.2, 0.25) is 0 Å². The summed E-state index contributed by atoms with van der Waals surface area (Å²) in [6.07, 6.45) is 0.848. The third kappa shape index (κ3) is 4.74. The number of nitrogens with one attached hydrogen (secondary N) is 2. The molecule has 8 nitrogen and oxygen atoms in total. The van der Waals surface area contributed by atoms with Crippen molar-refractivity contribution in [2.75, 3.05) is 20.2 Å². The third-order valence-corrected chi connectivity index (χ3v) is 2.98. The highest BCUT2D eigenvalue weighted by molar-refractivity contribution is 5.83. The van der Waals surface area contributed by atoms with Crippen LogP contribution in [0.15, 0.2) is 0 Å². The summed E-state index contributed by atoms with van der Waals surface area (Å²) < 4.78 is 0. The van der Waals surface area contributed by atoms with E-state index >= 15 is 0 Å². The molecule has 0 aromatic heterocycles. The standard InChI is InChI=1S/C11H19N3O5/c1-14-6-7(2-3-9(14)16)12-11(19)13-8(4-5-15)10(17)18/h7-8,15H,2-6H2,1H3,(H,17,18)(H2,12,13,19). The molecule has 8 heteroatoms. The molecule has 2 unspecified atom stereocenters. The lowest BCUT2D eigenvalue weighted by Crippen LogP contribution is -2.54. The Morgan fingerprint density at radius 3 is 2.74 bits per heavy atom. The molecule has 0 spiro atoms. The predicted molar refractivity (Wildman–Crippen MR) is 65.5 cm³/mol. The number of likely N-dealkylation sites (N-methyl/N-ethyl adjacent to an activating group) is 1. The van der Waals surface area contributed by atoms with Crippen LogP contribution in [0.3, 0.4) is 0 Å². The fourth-order valence-electron chi connectivity index (χ4n) is 1.90. The normalized spacial score (nSPS) is 20.8. The number of carboxylic acid groups (broad SMARTS) is 1. The first kappa shape index (κ1) is 15.2. The molecule has 1 saturated heterocycles. The summed E-state index contributed by atoms with van der Waals surface area (Å²) in [4.78, 5) is 35.2. The van der Waals surface area contributed by atoms with Gasteiger partial charge in [-0.3, -0.25) is 4.79 Å². The topological polar surface area (TPSA) is 119 Å². The molecule has 1 aliphatic heterocycles. The second kappa shape index (κ2) is 6.93. The van der Waals surface area contributed by atoms with E-state index in [1.807, 2.05) is 0 Å². The summed E-state index contributed by atoms with van der Waals surface area (Å²) in [5.41, 5.74) is 0. The Kier molecular flexibility index (Phi) is 5.56. The van der Waals surface area contributed by atoms with Crippen molar-refractivity contribution in [2.24, 2.45) is 0 Å². The van der Waals surface area contributed by atoms with Crippen LogP contribution in [0.1, 0.15) is 19.3 Å². The van der Waals surface area contributed by atoms with Crippen LogP contribution in [0.5, 0.6) is 0 Å². The van der Waals surface area contributed by atoms with Crippen LogP contribution in [0.25, 0.3) is 0 Å². The van der Waals surface area contributed by atoms with Crippen LogP contribution < -0.4 is 10.6 Å². The van der Waals surface area contributed by atoms with Gasteiger partial charge in [0.1, 0.15) is 6.04 Å². The number of nitrogens with zero attached hydrogens (tertiary/aromatic N) is 1. The number of carbonyl (C=O) groups is 3. The van der Waals surface area contributed by atoms with E-state index in [1.165, 1.54) is 4.90 Å². The zero-order valence-corrected chi connectivity index (χ0v) is 10.8. The third-order valence-electron chi connectivity index (χ3n) is 2.98. The summed E-state index contributed by atoms with van der Waals surface area (Å²) in [7, 11) is 1.65. The number of piperidine rings is 1. The van der Waals surface area contributed by atoms with Gasteiger partial charge in [0.2, 0.25) is 5.91 Å². The van der Waals surface area contributed by atoms with Gasteiger partial charge in [-0.25, -0.2) is 9.59 Å². The van der Waals surface area contributed by atoms with Gasteiger partial charge in [-0.15, -0.1) is 0 Å². The number of likely N-dealkylation sites (tertiary alicyclic amines) is 1. The molecule has 1 rings (SSSR count). The lowest BCUT2D eigenvalue weighted by atomic mass is 10.1. The summed E-state index contributed by atoms with van der Waals surface area (Å²) in [6.45, 7) is 0.0852. The van der Waals surface area contributed by atoms with E-state index in [9.17, 15) is 14.4 Å². The molecule has 0 bridgehead atoms. The predicted octanol–water partition coefficient (Wildman–Crippen LogP) is -1.26. The molecular formula is C11H19N3O5. The molecule has 3 amide bonds. The number of amides is 3. The summed E-state index contributed by atoms with van der Waals surface area (Å²) in [5, 5.41) is 22.4. The lowest BCUT2D eigenvalue weighted by Gasteiger charge is -2.30. The second-order valence-corrected chi connectivity index (χ2v) is 4.53. The number of aliphatic hydroxyl groups is 1. The minimum Gasteiger partial charge on any atom is -0.480 e. The maximum atomic E-state index is 11.6. The Labute approximate surface area is 110 Å². The number of carbonyl (C=O) groups excluding carboxylic acids is 2. The number of hydrogen-bond acceptors (Lipinski definition) is 4. The van der Waals surface area contributed by atoms with E-state index in [-0.39, 0.29) is 25.0 Å². The quantitative estimate of drug-likeness (QED) is 0.498. The molecule has 0 aliphatic carbocycles. The first-order valence-electron chi connectivity index (χ1n) is 6.08. The minimum atomic E-state index is -1.19. The smallest absolute Gasteiger partial charge is 0.326 e. The number of aliphatic hydroxyl groups excluding tert-OH is 1. The van der Waals surface area contributed by atoms with Crippen molar-refractivity contribution < 1.29 is 24.6 Å². The van der Waals surface area contributed by atoms with Gasteiger partial charge in [0, 0.05) is 39.1 Å². The fourth-order valence-corrected chi connectivity index (χ4v) is 1.90. The van der Waals surface area contributed by atoms with Crippen molar-refractivity contribution in [1.82, 2.24) is 15.5 Å². The second-order valence-electron chi connectivity index (χ2n) is 4.53. The number of hydrogen-bond donors (Lipinski definition) is 4. The van der Waals surface area contributed by atoms with E-state index in [2.05, 4.69) is 10.6 Å². The molecule has 108 valence electrons. The Balaban J connectivity index is 2.42. The monoisotopic (exact) mass is 273 g/mol. The van der Waals surface area contributed by atoms with Crippen LogP contribution in [-0.4, -0.2) is 65.3 Å². The average Bonchev–Trinajstić information content (AvgIpc) is 2.33. The van der Waals surface area contributed by atoms with Crippen molar-refractivity contribution in [3.63, 3.8) is 0 Å². The Hall–Kier alpha value is -1.83. The summed E-state index contributed by atoms with van der Waals surface area (Å²) in [6, 6.07) is -1.91. The summed E-state index contributed by atoms with van der Waals surface area (Å²) >= 11 is 0. The van der Waals surface area contributed by atoms with Crippen molar-refractivity contribution in [3.05, 3.63) is 0 Å². The maximum Gasteiger partial charge on any atom is 0.326 e. The van der Waals surface area contributed by atoms with Crippen LogP contribution in [0.4, 0.5) is 4.79 Å². The highest BCUT2D eigenvalue weighted by atomic mass is 16.4. The molecular weight excluding hydrogens is 254 g/mol. The SMILES string of the molecule is CN1CC(NC(=O)NC(CCO)C(=O)O)CCC1=O. The highest BCUT2D eigenvalue weighted by Crippen LogP contribution is 2.09. The van der Waals surface area contributed by atoms with Crippen molar-refractivity contribution in [3.8, 4) is 0 Å². The largest absolute Gasteiger partial charge is 0.480 e. The highest BCUT2D eigenvalue weighted by Gasteiger charge is 2.25. The molecule has 0 aromatic rings. The Morgan fingerprint density at radius 2 is 2.21 bits per heavy atom. The number of carboxylic acids is 1. The van der Waals surface area contributed by atoms with Crippen LogP contribution in [0, 0.1) is 0 Å². The molecule has 1 aliphatic rings. The number of urea groups is 1. The summed E-state index contributed by atoms with van der Waals surface area (Å²) in [5.74, 6) is -1.16. The zero-order valence-electron chi connectivity index (χ0n) is 10.8. The number of rotatable bonds is 5. The van der Waals surface area contributed by atoms with Gasteiger partial charge in [-0.2, -0.15) is 0 Å². The van der Waals surface area contributed by atoms with Gasteiger partial charge in [0.15, 0.2) is 0 Å². The van der Waals surface area contributed by atoms with E-state index in [0.717, 1.165) is 0 Å². The number of aliphatic carboxylic acids is 1. The molecule has 0 aromatic carbocycles. The van der Waals surface area contributed by atoms with Gasteiger partial charge in [-0.05, 0) is 6.42 Å². The first-order valence-corrected chi connectivity index (χ1v) is 6.08. The molecule has 4 N–H and O–H groups in total. The molecule has 2 atom stereocenters. The van der Waals surface area contributed by atoms with Crippen LogP contribution >= 0.6 is 0 Å².